The molecule has 104 valence electrons. The number of imidazole rings is 1. The number of fused-ring (bicyclic) bond motifs is 1. The number of aryl methyl sites for hydroxylation is 2. The smallest absolute Gasteiger partial charge is 0.106 e. The highest BCUT2D eigenvalue weighted by Crippen LogP contribution is 2.26. The van der Waals surface area contributed by atoms with Gasteiger partial charge in [0.1, 0.15) is 5.82 Å². The number of hydrogen-bond acceptors (Lipinski definition) is 4. The molecule has 0 saturated carbocycles. The Hall–Kier alpha value is -1.43. The van der Waals surface area contributed by atoms with Crippen molar-refractivity contribution in [1.29, 1.82) is 0 Å². The minimum absolute atomic E-state index is 0.0382. The monoisotopic (exact) mass is 261 g/mol. The molecule has 0 bridgehead atoms. The Bertz CT molecular complexity index is 570. The highest BCUT2D eigenvalue weighted by Gasteiger charge is 2.21. The lowest BCUT2D eigenvalue weighted by Crippen LogP contribution is -2.40. The average Bonchev–Trinajstić information content (AvgIpc) is 2.65. The number of aromatic nitrogens is 2. The van der Waals surface area contributed by atoms with Gasteiger partial charge in [0.25, 0.3) is 0 Å². The number of hydrogen-bond donors (Lipinski definition) is 3. The van der Waals surface area contributed by atoms with Gasteiger partial charge in [-0.1, -0.05) is 19.9 Å². The van der Waals surface area contributed by atoms with E-state index in [1.165, 1.54) is 11.1 Å². The van der Waals surface area contributed by atoms with Gasteiger partial charge in [-0.15, -0.1) is 0 Å². The molecule has 0 atom stereocenters. The second-order valence-electron chi connectivity index (χ2n) is 5.61. The highest BCUT2D eigenvalue weighted by molar-refractivity contribution is 5.77. The van der Waals surface area contributed by atoms with E-state index in [0.29, 0.717) is 6.67 Å². The Morgan fingerprint density at radius 1 is 1.37 bits per heavy atom. The third-order valence-electron chi connectivity index (χ3n) is 3.68. The molecular weight excluding hydrogens is 238 g/mol. The summed E-state index contributed by atoms with van der Waals surface area (Å²) in [5, 5.41) is 3.28. The molecule has 0 radical (unpaired) electrons. The predicted octanol–water partition coefficient (Wildman–Crippen LogP) is 1.17. The average molecular weight is 261 g/mol. The van der Waals surface area contributed by atoms with E-state index in [0.717, 1.165) is 17.9 Å². The molecule has 2 aromatic rings. The second kappa shape index (κ2) is 5.28. The molecule has 4 N–H and O–H groups in total. The Morgan fingerprint density at radius 2 is 2.11 bits per heavy atom. The first-order valence-corrected chi connectivity index (χ1v) is 6.53. The van der Waals surface area contributed by atoms with Crippen molar-refractivity contribution in [2.24, 2.45) is 12.9 Å². The van der Waals surface area contributed by atoms with Gasteiger partial charge in [-0.25, -0.2) is 10.4 Å². The molecule has 0 aliphatic rings. The first-order chi connectivity index (χ1) is 8.95. The molecule has 0 saturated heterocycles. The summed E-state index contributed by atoms with van der Waals surface area (Å²) >= 11 is 0. The molecule has 5 heteroatoms. The topological polar surface area (TPSA) is 67.9 Å². The quantitative estimate of drug-likeness (QED) is 0.327. The number of benzene rings is 1. The van der Waals surface area contributed by atoms with Crippen LogP contribution in [0.25, 0.3) is 11.0 Å². The fourth-order valence-corrected chi connectivity index (χ4v) is 2.29. The lowest BCUT2D eigenvalue weighted by Gasteiger charge is -2.25. The van der Waals surface area contributed by atoms with Crippen molar-refractivity contribution in [1.82, 2.24) is 20.3 Å². The summed E-state index contributed by atoms with van der Waals surface area (Å²) in [6.07, 6.45) is 0. The molecule has 0 spiro atoms. The number of nitrogens with two attached hydrogens (primary N) is 1. The Kier molecular flexibility index (Phi) is 3.89. The lowest BCUT2D eigenvalue weighted by atomic mass is 9.84. The van der Waals surface area contributed by atoms with Crippen LogP contribution < -0.4 is 16.6 Å². The maximum absolute atomic E-state index is 5.27. The van der Waals surface area contributed by atoms with E-state index >= 15 is 0 Å². The van der Waals surface area contributed by atoms with Crippen molar-refractivity contribution in [3.63, 3.8) is 0 Å². The predicted molar refractivity (Wildman–Crippen MR) is 78.7 cm³/mol. The Labute approximate surface area is 114 Å². The lowest BCUT2D eigenvalue weighted by molar-refractivity contribution is 0.455. The summed E-state index contributed by atoms with van der Waals surface area (Å²) in [7, 11) is 2.05. The maximum Gasteiger partial charge on any atom is 0.106 e. The number of hydrazine groups is 1. The van der Waals surface area contributed by atoms with Crippen molar-refractivity contribution in [3.05, 3.63) is 29.6 Å². The Balaban J connectivity index is 2.29. The summed E-state index contributed by atoms with van der Waals surface area (Å²) in [4.78, 5) is 4.59. The molecule has 0 fully saturated rings. The standard InChI is InChI=1S/C14H23N5/c1-10-18-12-7-11(5-6-13(12)19(10)4)14(2,3)8-16-9-17-15/h5-7,16-17H,8-9,15H2,1-4H3. The van der Waals surface area contributed by atoms with Crippen LogP contribution >= 0.6 is 0 Å². The van der Waals surface area contributed by atoms with Crippen LogP contribution in [-0.2, 0) is 12.5 Å². The zero-order valence-electron chi connectivity index (χ0n) is 12.1. The normalized spacial score (nSPS) is 12.3. The molecule has 0 unspecified atom stereocenters. The first kappa shape index (κ1) is 14.0. The van der Waals surface area contributed by atoms with Crippen LogP contribution in [0.1, 0.15) is 25.2 Å². The van der Waals surface area contributed by atoms with Gasteiger partial charge in [0, 0.05) is 19.0 Å². The molecule has 1 aromatic carbocycles. The van der Waals surface area contributed by atoms with Crippen LogP contribution in [0.4, 0.5) is 0 Å². The van der Waals surface area contributed by atoms with Gasteiger partial charge in [-0.2, -0.15) is 0 Å². The molecule has 0 aliphatic heterocycles. The van der Waals surface area contributed by atoms with Gasteiger partial charge >= 0.3 is 0 Å². The maximum atomic E-state index is 5.27. The van der Waals surface area contributed by atoms with Gasteiger partial charge < -0.3 is 9.88 Å². The zero-order chi connectivity index (χ0) is 14.0. The summed E-state index contributed by atoms with van der Waals surface area (Å²) in [6, 6.07) is 6.51. The molecule has 0 aliphatic carbocycles. The molecule has 19 heavy (non-hydrogen) atoms. The van der Waals surface area contributed by atoms with Gasteiger partial charge in [-0.05, 0) is 24.6 Å². The van der Waals surface area contributed by atoms with Crippen molar-refractivity contribution in [3.8, 4) is 0 Å². The van der Waals surface area contributed by atoms with E-state index in [4.69, 9.17) is 5.84 Å². The number of nitrogens with zero attached hydrogens (tertiary/aromatic N) is 2. The molecule has 2 rings (SSSR count). The summed E-state index contributed by atoms with van der Waals surface area (Å²) in [6.45, 7) is 7.92. The summed E-state index contributed by atoms with van der Waals surface area (Å²) in [5.41, 5.74) is 6.16. The van der Waals surface area contributed by atoms with E-state index < -0.39 is 0 Å². The fourth-order valence-electron chi connectivity index (χ4n) is 2.29. The third kappa shape index (κ3) is 2.78. The number of rotatable bonds is 5. The van der Waals surface area contributed by atoms with Crippen molar-refractivity contribution < 1.29 is 0 Å². The fraction of sp³-hybridized carbons (Fsp3) is 0.500. The van der Waals surface area contributed by atoms with Crippen molar-refractivity contribution in [2.45, 2.75) is 26.2 Å². The molecule has 1 aromatic heterocycles. The first-order valence-electron chi connectivity index (χ1n) is 6.53. The van der Waals surface area contributed by atoms with Crippen LogP contribution in [0.5, 0.6) is 0 Å². The summed E-state index contributed by atoms with van der Waals surface area (Å²) in [5.74, 6) is 6.30. The van der Waals surface area contributed by atoms with Gasteiger partial charge in [0.05, 0.1) is 17.7 Å². The number of nitrogens with one attached hydrogen (secondary N) is 2. The van der Waals surface area contributed by atoms with Gasteiger partial charge in [0.15, 0.2) is 0 Å². The van der Waals surface area contributed by atoms with E-state index in [-0.39, 0.29) is 5.41 Å². The van der Waals surface area contributed by atoms with E-state index in [2.05, 4.69) is 52.3 Å². The third-order valence-corrected chi connectivity index (χ3v) is 3.68. The molecule has 1 heterocycles. The van der Waals surface area contributed by atoms with E-state index in [9.17, 15) is 0 Å². The van der Waals surface area contributed by atoms with Crippen molar-refractivity contribution in [2.75, 3.05) is 13.2 Å². The molecular formula is C14H23N5. The van der Waals surface area contributed by atoms with Crippen LogP contribution in [0.15, 0.2) is 18.2 Å². The van der Waals surface area contributed by atoms with Crippen LogP contribution in [0.2, 0.25) is 0 Å². The molecule has 5 nitrogen and oxygen atoms in total. The van der Waals surface area contributed by atoms with Crippen LogP contribution in [0.3, 0.4) is 0 Å². The molecule has 0 amide bonds. The van der Waals surface area contributed by atoms with Crippen LogP contribution in [-0.4, -0.2) is 22.8 Å². The minimum atomic E-state index is 0.0382. The van der Waals surface area contributed by atoms with Crippen LogP contribution in [0, 0.1) is 6.92 Å². The van der Waals surface area contributed by atoms with E-state index in [1.807, 2.05) is 14.0 Å². The van der Waals surface area contributed by atoms with Crippen molar-refractivity contribution >= 4 is 11.0 Å². The zero-order valence-corrected chi connectivity index (χ0v) is 12.1. The second-order valence-corrected chi connectivity index (χ2v) is 5.61. The van der Waals surface area contributed by atoms with Gasteiger partial charge in [0.2, 0.25) is 0 Å². The van der Waals surface area contributed by atoms with Gasteiger partial charge in [-0.3, -0.25) is 5.84 Å². The minimum Gasteiger partial charge on any atom is -0.331 e. The highest BCUT2D eigenvalue weighted by atomic mass is 15.3. The summed E-state index contributed by atoms with van der Waals surface area (Å²) < 4.78 is 2.11. The largest absolute Gasteiger partial charge is 0.331 e. The SMILES string of the molecule is Cc1nc2cc(C(C)(C)CNCNN)ccc2n1C. The van der Waals surface area contributed by atoms with E-state index in [1.54, 1.807) is 0 Å². The Morgan fingerprint density at radius 3 is 2.79 bits per heavy atom.